The quantitative estimate of drug-likeness (QED) is 0.498. The van der Waals surface area contributed by atoms with E-state index in [-0.39, 0.29) is 23.7 Å². The van der Waals surface area contributed by atoms with Gasteiger partial charge in [0.05, 0.1) is 13.7 Å². The molecule has 0 aromatic heterocycles. The van der Waals surface area contributed by atoms with Gasteiger partial charge in [-0.3, -0.25) is 9.59 Å². The van der Waals surface area contributed by atoms with Crippen molar-refractivity contribution in [3.05, 3.63) is 59.7 Å². The van der Waals surface area contributed by atoms with E-state index in [1.54, 1.807) is 31.4 Å². The van der Waals surface area contributed by atoms with Crippen LogP contribution in [0.2, 0.25) is 0 Å². The van der Waals surface area contributed by atoms with Crippen molar-refractivity contribution in [3.63, 3.8) is 0 Å². The van der Waals surface area contributed by atoms with Crippen LogP contribution < -0.4 is 10.1 Å². The van der Waals surface area contributed by atoms with Crippen LogP contribution in [0, 0.1) is 0 Å². The maximum absolute atomic E-state index is 12.2. The van der Waals surface area contributed by atoms with Gasteiger partial charge in [0.15, 0.2) is 0 Å². The largest absolute Gasteiger partial charge is 0.507 e. The predicted molar refractivity (Wildman–Crippen MR) is 103 cm³/mol. The second-order valence-electron chi connectivity index (χ2n) is 5.89. The number of aromatic hydroxyl groups is 1. The second-order valence-corrected chi connectivity index (χ2v) is 5.89. The predicted octanol–water partition coefficient (Wildman–Crippen LogP) is 2.21. The van der Waals surface area contributed by atoms with E-state index in [2.05, 4.69) is 5.32 Å². The summed E-state index contributed by atoms with van der Waals surface area (Å²) in [6.07, 6.45) is 2.95. The fourth-order valence-electron chi connectivity index (χ4n) is 2.32. The van der Waals surface area contributed by atoms with Crippen LogP contribution in [0.15, 0.2) is 48.5 Å². The number of hydrogen-bond acceptors (Lipinski definition) is 5. The van der Waals surface area contributed by atoms with E-state index in [0.29, 0.717) is 5.75 Å². The van der Waals surface area contributed by atoms with Crippen LogP contribution in [-0.4, -0.2) is 53.6 Å². The van der Waals surface area contributed by atoms with Gasteiger partial charge in [0.2, 0.25) is 11.8 Å². The highest BCUT2D eigenvalue weighted by molar-refractivity contribution is 5.99. The van der Waals surface area contributed by atoms with Gasteiger partial charge in [0, 0.05) is 18.8 Å². The molecule has 0 atom stereocenters. The summed E-state index contributed by atoms with van der Waals surface area (Å²) in [5.41, 5.74) is 0.646. The summed E-state index contributed by atoms with van der Waals surface area (Å²) in [6, 6.07) is 10.8. The summed E-state index contributed by atoms with van der Waals surface area (Å²) < 4.78 is 5.11. The Morgan fingerprint density at radius 1 is 1.18 bits per heavy atom. The van der Waals surface area contributed by atoms with Gasteiger partial charge in [0.25, 0.3) is 0 Å². The minimum Gasteiger partial charge on any atom is -0.507 e. The lowest BCUT2D eigenvalue weighted by Gasteiger charge is -2.15. The molecule has 146 valence electrons. The summed E-state index contributed by atoms with van der Waals surface area (Å²) in [7, 11) is 3.02. The van der Waals surface area contributed by atoms with E-state index in [1.807, 2.05) is 6.07 Å². The van der Waals surface area contributed by atoms with Gasteiger partial charge in [0.1, 0.15) is 17.1 Å². The molecule has 0 fully saturated rings. The normalized spacial score (nSPS) is 10.5. The standard InChI is InChI=1S/C20H20N2O6/c1-22(19(25)9-6-13-4-3-5-15(10-13)28-2)12-18(24)21-14-7-8-17(23)16(11-14)20(26)27/h3-11,23H,12H2,1-2H3,(H,21,24)(H,26,27)/b9-6+. The molecule has 8 nitrogen and oxygen atoms in total. The lowest BCUT2D eigenvalue weighted by atomic mass is 10.2. The average molecular weight is 384 g/mol. The third kappa shape index (κ3) is 5.60. The first-order valence-electron chi connectivity index (χ1n) is 8.23. The molecule has 8 heteroatoms. The topological polar surface area (TPSA) is 116 Å². The molecule has 0 heterocycles. The molecule has 0 spiro atoms. The number of ether oxygens (including phenoxy) is 1. The number of anilines is 1. The molecule has 0 saturated heterocycles. The molecule has 0 aliphatic heterocycles. The molecule has 28 heavy (non-hydrogen) atoms. The molecular weight excluding hydrogens is 364 g/mol. The van der Waals surface area contributed by atoms with Crippen molar-refractivity contribution in [2.24, 2.45) is 0 Å². The minimum absolute atomic E-state index is 0.202. The molecule has 2 aromatic carbocycles. The molecule has 0 unspecified atom stereocenters. The van der Waals surface area contributed by atoms with Crippen molar-refractivity contribution >= 4 is 29.5 Å². The van der Waals surface area contributed by atoms with Crippen LogP contribution in [-0.2, 0) is 9.59 Å². The number of hydrogen-bond donors (Lipinski definition) is 3. The van der Waals surface area contributed by atoms with Gasteiger partial charge in [-0.2, -0.15) is 0 Å². The number of carboxylic acid groups (broad SMARTS) is 1. The number of carbonyl (C=O) groups is 3. The van der Waals surface area contributed by atoms with Crippen LogP contribution in [0.25, 0.3) is 6.08 Å². The average Bonchev–Trinajstić information content (AvgIpc) is 2.67. The Labute approximate surface area is 161 Å². The van der Waals surface area contributed by atoms with Crippen molar-refractivity contribution in [2.75, 3.05) is 26.0 Å². The zero-order chi connectivity index (χ0) is 20.7. The van der Waals surface area contributed by atoms with Crippen molar-refractivity contribution in [1.29, 1.82) is 0 Å². The van der Waals surface area contributed by atoms with Crippen molar-refractivity contribution in [2.45, 2.75) is 0 Å². The monoisotopic (exact) mass is 384 g/mol. The number of phenols is 1. The number of likely N-dealkylation sites (N-methyl/N-ethyl adjacent to an activating group) is 1. The summed E-state index contributed by atoms with van der Waals surface area (Å²) >= 11 is 0. The smallest absolute Gasteiger partial charge is 0.339 e. The fraction of sp³-hybridized carbons (Fsp3) is 0.150. The van der Waals surface area contributed by atoms with Gasteiger partial charge in [-0.15, -0.1) is 0 Å². The van der Waals surface area contributed by atoms with Gasteiger partial charge < -0.3 is 25.2 Å². The fourth-order valence-corrected chi connectivity index (χ4v) is 2.32. The zero-order valence-corrected chi connectivity index (χ0v) is 15.4. The Bertz CT molecular complexity index is 923. The number of carboxylic acids is 1. The SMILES string of the molecule is COc1cccc(/C=C/C(=O)N(C)CC(=O)Nc2ccc(O)c(C(=O)O)c2)c1. The Balaban J connectivity index is 1.96. The molecule has 0 bridgehead atoms. The first kappa shape index (κ1) is 20.5. The van der Waals surface area contributed by atoms with Crippen molar-refractivity contribution < 1.29 is 29.3 Å². The number of benzene rings is 2. The van der Waals surface area contributed by atoms with Crippen LogP contribution in [0.3, 0.4) is 0 Å². The summed E-state index contributed by atoms with van der Waals surface area (Å²) in [5, 5.41) is 21.0. The van der Waals surface area contributed by atoms with E-state index >= 15 is 0 Å². The zero-order valence-electron chi connectivity index (χ0n) is 15.4. The number of nitrogens with zero attached hydrogens (tertiary/aromatic N) is 1. The summed E-state index contributed by atoms with van der Waals surface area (Å²) in [4.78, 5) is 36.5. The van der Waals surface area contributed by atoms with E-state index in [9.17, 15) is 19.5 Å². The van der Waals surface area contributed by atoms with E-state index in [1.165, 1.54) is 30.2 Å². The van der Waals surface area contributed by atoms with Crippen molar-refractivity contribution in [1.82, 2.24) is 4.90 Å². The molecule has 0 aliphatic carbocycles. The summed E-state index contributed by atoms with van der Waals surface area (Å²) in [6.45, 7) is -0.232. The van der Waals surface area contributed by atoms with Crippen LogP contribution in [0.5, 0.6) is 11.5 Å². The molecule has 0 aliphatic rings. The highest BCUT2D eigenvalue weighted by Crippen LogP contribution is 2.21. The first-order chi connectivity index (χ1) is 13.3. The van der Waals surface area contributed by atoms with Gasteiger partial charge in [-0.1, -0.05) is 12.1 Å². The number of aromatic carboxylic acids is 1. The van der Waals surface area contributed by atoms with Crippen molar-refractivity contribution in [3.8, 4) is 11.5 Å². The van der Waals surface area contributed by atoms with Crippen LogP contribution in [0.1, 0.15) is 15.9 Å². The molecule has 0 radical (unpaired) electrons. The lowest BCUT2D eigenvalue weighted by molar-refractivity contribution is -0.129. The third-order valence-electron chi connectivity index (χ3n) is 3.78. The number of nitrogens with one attached hydrogen (secondary N) is 1. The van der Waals surface area contributed by atoms with E-state index in [0.717, 1.165) is 11.6 Å². The van der Waals surface area contributed by atoms with Gasteiger partial charge in [-0.05, 0) is 42.0 Å². The number of rotatable bonds is 7. The molecule has 2 amide bonds. The molecule has 0 saturated carbocycles. The Morgan fingerprint density at radius 3 is 2.61 bits per heavy atom. The molecule has 2 aromatic rings. The highest BCUT2D eigenvalue weighted by Gasteiger charge is 2.14. The highest BCUT2D eigenvalue weighted by atomic mass is 16.5. The molecule has 2 rings (SSSR count). The van der Waals surface area contributed by atoms with Gasteiger partial charge >= 0.3 is 5.97 Å². The number of methoxy groups -OCH3 is 1. The Morgan fingerprint density at radius 2 is 1.93 bits per heavy atom. The molecular formula is C20H20N2O6. The Hall–Kier alpha value is -3.81. The van der Waals surface area contributed by atoms with E-state index < -0.39 is 17.6 Å². The van der Waals surface area contributed by atoms with Crippen LogP contribution in [0.4, 0.5) is 5.69 Å². The second kappa shape index (κ2) is 9.22. The van der Waals surface area contributed by atoms with E-state index in [4.69, 9.17) is 9.84 Å². The number of amides is 2. The number of carbonyl (C=O) groups excluding carboxylic acids is 2. The maximum Gasteiger partial charge on any atom is 0.339 e. The van der Waals surface area contributed by atoms with Gasteiger partial charge in [-0.25, -0.2) is 4.79 Å². The van der Waals surface area contributed by atoms with Crippen LogP contribution >= 0.6 is 0 Å². The first-order valence-corrected chi connectivity index (χ1v) is 8.23. The molecule has 3 N–H and O–H groups in total. The third-order valence-corrected chi connectivity index (χ3v) is 3.78. The summed E-state index contributed by atoms with van der Waals surface area (Å²) in [5.74, 6) is -1.94. The minimum atomic E-state index is -1.32. The lowest BCUT2D eigenvalue weighted by Crippen LogP contribution is -2.33. The maximum atomic E-state index is 12.2. The Kier molecular flexibility index (Phi) is 6.75.